The van der Waals surface area contributed by atoms with Crippen molar-refractivity contribution in [3.63, 3.8) is 0 Å². The first-order valence-electron chi connectivity index (χ1n) is 4.96. The van der Waals surface area contributed by atoms with E-state index in [1.165, 1.54) is 6.07 Å². The van der Waals surface area contributed by atoms with Crippen molar-refractivity contribution >= 4 is 17.3 Å². The molecule has 0 saturated heterocycles. The molecule has 2 aromatic heterocycles. The summed E-state index contributed by atoms with van der Waals surface area (Å²) < 4.78 is 4.86. The Morgan fingerprint density at radius 1 is 1.59 bits per heavy atom. The fraction of sp³-hybridized carbons (Fsp3) is 0.300. The first-order valence-corrected chi connectivity index (χ1v) is 5.83. The molecule has 0 aromatic carbocycles. The Morgan fingerprint density at radius 3 is 3.00 bits per heavy atom. The van der Waals surface area contributed by atoms with E-state index in [1.807, 2.05) is 12.3 Å². The lowest BCUT2D eigenvalue weighted by atomic mass is 10.3. The first kappa shape index (κ1) is 11.7. The van der Waals surface area contributed by atoms with Crippen LogP contribution in [-0.2, 0) is 13.1 Å². The number of carboxylic acid groups (broad SMARTS) is 1. The molecule has 0 aliphatic rings. The highest BCUT2D eigenvalue weighted by Crippen LogP contribution is 2.08. The van der Waals surface area contributed by atoms with Crippen LogP contribution in [0.4, 0.5) is 0 Å². The predicted octanol–water partition coefficient (Wildman–Crippen LogP) is 1.43. The van der Waals surface area contributed by atoms with Crippen LogP contribution in [0, 0.1) is 6.92 Å². The Labute approximate surface area is 101 Å². The summed E-state index contributed by atoms with van der Waals surface area (Å²) in [6, 6.07) is 1.40. The van der Waals surface area contributed by atoms with E-state index in [2.05, 4.69) is 15.5 Å². The van der Waals surface area contributed by atoms with Crippen molar-refractivity contribution in [2.75, 3.05) is 0 Å². The molecule has 0 fully saturated rings. The summed E-state index contributed by atoms with van der Waals surface area (Å²) in [6.45, 7) is 2.99. The number of hydrogen-bond acceptors (Lipinski definition) is 6. The predicted molar refractivity (Wildman–Crippen MR) is 60.9 cm³/mol. The molecular weight excluding hydrogens is 242 g/mol. The molecule has 2 N–H and O–H groups in total. The normalized spacial score (nSPS) is 10.6. The molecule has 0 atom stereocenters. The van der Waals surface area contributed by atoms with E-state index in [0.717, 1.165) is 10.7 Å². The molecule has 2 heterocycles. The minimum atomic E-state index is -1.09. The molecule has 0 unspecified atom stereocenters. The maximum atomic E-state index is 10.6. The molecule has 0 bridgehead atoms. The third-order valence-electron chi connectivity index (χ3n) is 2.05. The minimum Gasteiger partial charge on any atom is -0.476 e. The Hall–Kier alpha value is -1.73. The number of aromatic nitrogens is 2. The van der Waals surface area contributed by atoms with Crippen LogP contribution in [0.5, 0.6) is 0 Å². The lowest BCUT2D eigenvalue weighted by molar-refractivity contribution is 0.0685. The number of aromatic carboxylic acids is 1. The summed E-state index contributed by atoms with van der Waals surface area (Å²) in [5, 5.41) is 18.2. The van der Waals surface area contributed by atoms with Crippen LogP contribution in [0.2, 0.25) is 0 Å². The van der Waals surface area contributed by atoms with Gasteiger partial charge >= 0.3 is 5.97 Å². The zero-order valence-corrected chi connectivity index (χ0v) is 9.95. The van der Waals surface area contributed by atoms with E-state index in [0.29, 0.717) is 18.8 Å². The van der Waals surface area contributed by atoms with E-state index in [9.17, 15) is 4.79 Å². The number of carbonyl (C=O) groups is 1. The Morgan fingerprint density at radius 2 is 2.41 bits per heavy atom. The lowest BCUT2D eigenvalue weighted by Gasteiger charge is -1.97. The maximum absolute atomic E-state index is 10.6. The van der Waals surface area contributed by atoms with Gasteiger partial charge in [0.25, 0.3) is 0 Å². The molecule has 2 rings (SSSR count). The molecule has 0 aliphatic heterocycles. The smallest absolute Gasteiger partial charge is 0.358 e. The molecule has 90 valence electrons. The number of nitrogens with one attached hydrogen (secondary N) is 1. The summed E-state index contributed by atoms with van der Waals surface area (Å²) in [5.41, 5.74) is 0.886. The van der Waals surface area contributed by atoms with Crippen molar-refractivity contribution < 1.29 is 14.4 Å². The average molecular weight is 253 g/mol. The van der Waals surface area contributed by atoms with Crippen molar-refractivity contribution in [1.82, 2.24) is 15.5 Å². The number of aryl methyl sites for hydroxylation is 1. The summed E-state index contributed by atoms with van der Waals surface area (Å²) >= 11 is 1.59. The van der Waals surface area contributed by atoms with E-state index in [1.54, 1.807) is 11.3 Å². The molecule has 0 saturated carbocycles. The highest BCUT2D eigenvalue weighted by molar-refractivity contribution is 7.09. The number of hydrogen-bond donors (Lipinski definition) is 2. The second-order valence-electron chi connectivity index (χ2n) is 3.45. The van der Waals surface area contributed by atoms with Gasteiger partial charge in [0, 0.05) is 18.0 Å². The molecule has 0 radical (unpaired) electrons. The fourth-order valence-electron chi connectivity index (χ4n) is 1.30. The van der Waals surface area contributed by atoms with Crippen LogP contribution in [0.25, 0.3) is 0 Å². The largest absolute Gasteiger partial charge is 0.476 e. The van der Waals surface area contributed by atoms with E-state index >= 15 is 0 Å². The van der Waals surface area contributed by atoms with E-state index in [-0.39, 0.29) is 5.69 Å². The highest BCUT2D eigenvalue weighted by Gasteiger charge is 2.10. The van der Waals surface area contributed by atoms with E-state index < -0.39 is 5.97 Å². The van der Waals surface area contributed by atoms with Crippen molar-refractivity contribution in [3.05, 3.63) is 33.6 Å². The topological polar surface area (TPSA) is 88.2 Å². The SMILES string of the molecule is Cc1nc(CNCc2cc(C(=O)O)no2)cs1. The Balaban J connectivity index is 1.83. The van der Waals surface area contributed by atoms with Gasteiger partial charge in [0.2, 0.25) is 0 Å². The van der Waals surface area contributed by atoms with Crippen molar-refractivity contribution in [3.8, 4) is 0 Å². The van der Waals surface area contributed by atoms with Crippen LogP contribution in [0.3, 0.4) is 0 Å². The minimum absolute atomic E-state index is 0.0775. The molecule has 0 amide bonds. The van der Waals surface area contributed by atoms with Gasteiger partial charge in [-0.3, -0.25) is 0 Å². The van der Waals surface area contributed by atoms with Crippen molar-refractivity contribution in [2.45, 2.75) is 20.0 Å². The monoisotopic (exact) mass is 253 g/mol. The third kappa shape index (κ3) is 3.11. The van der Waals surface area contributed by atoms with Gasteiger partial charge in [0.05, 0.1) is 17.2 Å². The molecule has 2 aromatic rings. The fourth-order valence-corrected chi connectivity index (χ4v) is 1.91. The third-order valence-corrected chi connectivity index (χ3v) is 2.87. The molecule has 17 heavy (non-hydrogen) atoms. The van der Waals surface area contributed by atoms with Gasteiger partial charge in [-0.25, -0.2) is 9.78 Å². The van der Waals surface area contributed by atoms with Gasteiger partial charge in [-0.05, 0) is 6.92 Å². The van der Waals surface area contributed by atoms with Crippen LogP contribution in [0.15, 0.2) is 16.0 Å². The number of nitrogens with zero attached hydrogens (tertiary/aromatic N) is 2. The van der Waals surface area contributed by atoms with Crippen LogP contribution < -0.4 is 5.32 Å². The molecule has 6 nitrogen and oxygen atoms in total. The highest BCUT2D eigenvalue weighted by atomic mass is 32.1. The number of thiazole rings is 1. The summed E-state index contributed by atoms with van der Waals surface area (Å²) in [6.07, 6.45) is 0. The van der Waals surface area contributed by atoms with Crippen LogP contribution in [0.1, 0.15) is 27.0 Å². The number of rotatable bonds is 5. The standard InChI is InChI=1S/C10H11N3O3S/c1-6-12-7(5-17-6)3-11-4-8-2-9(10(14)15)13-16-8/h2,5,11H,3-4H2,1H3,(H,14,15). The van der Waals surface area contributed by atoms with Gasteiger partial charge in [-0.1, -0.05) is 5.16 Å². The maximum Gasteiger partial charge on any atom is 0.358 e. The van der Waals surface area contributed by atoms with Crippen LogP contribution >= 0.6 is 11.3 Å². The second-order valence-corrected chi connectivity index (χ2v) is 4.51. The summed E-state index contributed by atoms with van der Waals surface area (Å²) in [5.74, 6) is -0.593. The van der Waals surface area contributed by atoms with Gasteiger partial charge in [-0.2, -0.15) is 0 Å². The Bertz CT molecular complexity index is 520. The first-order chi connectivity index (χ1) is 8.15. The molecule has 7 heteroatoms. The van der Waals surface area contributed by atoms with Gasteiger partial charge in [-0.15, -0.1) is 11.3 Å². The van der Waals surface area contributed by atoms with Gasteiger partial charge in [0.15, 0.2) is 11.5 Å². The van der Waals surface area contributed by atoms with E-state index in [4.69, 9.17) is 9.63 Å². The molecule has 0 spiro atoms. The summed E-state index contributed by atoms with van der Waals surface area (Å²) in [4.78, 5) is 14.9. The van der Waals surface area contributed by atoms with Crippen LogP contribution in [-0.4, -0.2) is 21.2 Å². The number of carboxylic acids is 1. The summed E-state index contributed by atoms with van der Waals surface area (Å²) in [7, 11) is 0. The van der Waals surface area contributed by atoms with Gasteiger partial charge < -0.3 is 14.9 Å². The Kier molecular flexibility index (Phi) is 3.50. The lowest BCUT2D eigenvalue weighted by Crippen LogP contribution is -2.12. The zero-order chi connectivity index (χ0) is 12.3. The molecular formula is C10H11N3O3S. The molecule has 0 aliphatic carbocycles. The van der Waals surface area contributed by atoms with Gasteiger partial charge in [0.1, 0.15) is 0 Å². The van der Waals surface area contributed by atoms with Crippen molar-refractivity contribution in [2.24, 2.45) is 0 Å². The quantitative estimate of drug-likeness (QED) is 0.838. The zero-order valence-electron chi connectivity index (χ0n) is 9.14. The van der Waals surface area contributed by atoms with Crippen molar-refractivity contribution in [1.29, 1.82) is 0 Å². The second kappa shape index (κ2) is 5.07. The average Bonchev–Trinajstić information content (AvgIpc) is 2.88.